The molecule has 146 valence electrons. The van der Waals surface area contributed by atoms with Gasteiger partial charge in [0.15, 0.2) is 11.5 Å². The fourth-order valence-electron chi connectivity index (χ4n) is 3.58. The van der Waals surface area contributed by atoms with Crippen molar-refractivity contribution in [1.29, 1.82) is 0 Å². The third-order valence-corrected chi connectivity index (χ3v) is 5.37. The highest BCUT2D eigenvalue weighted by Gasteiger charge is 2.20. The molecule has 1 saturated heterocycles. The lowest BCUT2D eigenvalue weighted by Gasteiger charge is -2.35. The van der Waals surface area contributed by atoms with Crippen molar-refractivity contribution >= 4 is 23.1 Å². The third kappa shape index (κ3) is 3.79. The summed E-state index contributed by atoms with van der Waals surface area (Å²) >= 11 is 5.92. The number of pyridine rings is 1. The van der Waals surface area contributed by atoms with Gasteiger partial charge < -0.3 is 4.90 Å². The van der Waals surface area contributed by atoms with E-state index in [0.717, 1.165) is 61.3 Å². The summed E-state index contributed by atoms with van der Waals surface area (Å²) in [5.74, 6) is 1.70. The molecule has 1 aromatic carbocycles. The van der Waals surface area contributed by atoms with Crippen LogP contribution in [0.1, 0.15) is 5.69 Å². The standard InChI is InChI=1S/C21H20ClN7/c22-17-6-7-18(23-14-17)15-27-10-12-28(13-11-27)20-9-8-19-24-25-21(29(19)26-20)16-4-2-1-3-5-16/h1-9,14H,10-13,15H2. The van der Waals surface area contributed by atoms with Crippen molar-refractivity contribution in [2.75, 3.05) is 31.1 Å². The minimum atomic E-state index is 0.670. The molecule has 3 aromatic heterocycles. The molecule has 1 aliphatic rings. The highest BCUT2D eigenvalue weighted by Crippen LogP contribution is 2.20. The molecule has 1 fully saturated rings. The molecule has 7 nitrogen and oxygen atoms in total. The summed E-state index contributed by atoms with van der Waals surface area (Å²) in [6, 6.07) is 17.9. The first-order chi connectivity index (χ1) is 14.3. The molecular weight excluding hydrogens is 386 g/mol. The van der Waals surface area contributed by atoms with Crippen LogP contribution < -0.4 is 4.90 Å². The van der Waals surface area contributed by atoms with Crippen molar-refractivity contribution in [2.24, 2.45) is 0 Å². The lowest BCUT2D eigenvalue weighted by Crippen LogP contribution is -2.46. The minimum Gasteiger partial charge on any atom is -0.353 e. The molecule has 0 N–H and O–H groups in total. The zero-order chi connectivity index (χ0) is 19.6. The molecule has 0 radical (unpaired) electrons. The van der Waals surface area contributed by atoms with Gasteiger partial charge in [0, 0.05) is 44.5 Å². The van der Waals surface area contributed by atoms with Gasteiger partial charge in [-0.1, -0.05) is 41.9 Å². The van der Waals surface area contributed by atoms with E-state index in [0.29, 0.717) is 5.02 Å². The van der Waals surface area contributed by atoms with E-state index >= 15 is 0 Å². The van der Waals surface area contributed by atoms with E-state index in [4.69, 9.17) is 16.7 Å². The Labute approximate surface area is 173 Å². The Hall–Kier alpha value is -3.03. The van der Waals surface area contributed by atoms with E-state index in [1.807, 2.05) is 59.1 Å². The van der Waals surface area contributed by atoms with E-state index < -0.39 is 0 Å². The van der Waals surface area contributed by atoms with Crippen LogP contribution in [0.15, 0.2) is 60.8 Å². The lowest BCUT2D eigenvalue weighted by molar-refractivity contribution is 0.246. The van der Waals surface area contributed by atoms with Gasteiger partial charge in [-0.25, -0.2) is 0 Å². The number of halogens is 1. The first-order valence-electron chi connectivity index (χ1n) is 9.62. The van der Waals surface area contributed by atoms with Crippen LogP contribution in [-0.2, 0) is 6.54 Å². The van der Waals surface area contributed by atoms with E-state index in [1.54, 1.807) is 6.20 Å². The number of hydrogen-bond donors (Lipinski definition) is 0. The number of anilines is 1. The second-order valence-corrected chi connectivity index (χ2v) is 7.52. The molecule has 0 amide bonds. The van der Waals surface area contributed by atoms with Crippen molar-refractivity contribution in [1.82, 2.24) is 29.7 Å². The predicted octanol–water partition coefficient (Wildman–Crippen LogP) is 3.16. The number of nitrogens with zero attached hydrogens (tertiary/aromatic N) is 7. The van der Waals surface area contributed by atoms with Gasteiger partial charge >= 0.3 is 0 Å². The van der Waals surface area contributed by atoms with E-state index in [1.165, 1.54) is 0 Å². The second-order valence-electron chi connectivity index (χ2n) is 7.08. The number of fused-ring (bicyclic) bond motifs is 1. The third-order valence-electron chi connectivity index (χ3n) is 5.15. The number of hydrogen-bond acceptors (Lipinski definition) is 6. The highest BCUT2D eigenvalue weighted by atomic mass is 35.5. The molecule has 4 aromatic rings. The zero-order valence-electron chi connectivity index (χ0n) is 15.8. The van der Waals surface area contributed by atoms with Crippen LogP contribution >= 0.6 is 11.6 Å². The first kappa shape index (κ1) is 18.0. The molecule has 4 heterocycles. The van der Waals surface area contributed by atoms with Crippen molar-refractivity contribution < 1.29 is 0 Å². The Bertz CT molecular complexity index is 1100. The lowest BCUT2D eigenvalue weighted by atomic mass is 10.2. The van der Waals surface area contributed by atoms with Crippen molar-refractivity contribution in [3.63, 3.8) is 0 Å². The highest BCUT2D eigenvalue weighted by molar-refractivity contribution is 6.30. The monoisotopic (exact) mass is 405 g/mol. The van der Waals surface area contributed by atoms with Crippen LogP contribution in [0.2, 0.25) is 5.02 Å². The van der Waals surface area contributed by atoms with Crippen LogP contribution in [0, 0.1) is 0 Å². The Morgan fingerprint density at radius 3 is 2.45 bits per heavy atom. The van der Waals surface area contributed by atoms with Gasteiger partial charge in [0.2, 0.25) is 0 Å². The smallest absolute Gasteiger partial charge is 0.185 e. The van der Waals surface area contributed by atoms with E-state index in [-0.39, 0.29) is 0 Å². The van der Waals surface area contributed by atoms with Gasteiger partial charge in [-0.2, -0.15) is 4.52 Å². The van der Waals surface area contributed by atoms with Gasteiger partial charge in [-0.3, -0.25) is 9.88 Å². The van der Waals surface area contributed by atoms with Gasteiger partial charge in [0.05, 0.1) is 10.7 Å². The molecule has 0 spiro atoms. The van der Waals surface area contributed by atoms with Crippen molar-refractivity contribution in [2.45, 2.75) is 6.54 Å². The quantitative estimate of drug-likeness (QED) is 0.519. The number of rotatable bonds is 4. The summed E-state index contributed by atoms with van der Waals surface area (Å²) in [6.45, 7) is 4.57. The second kappa shape index (κ2) is 7.77. The number of piperazine rings is 1. The SMILES string of the molecule is Clc1ccc(CN2CCN(c3ccc4nnc(-c5ccccc5)n4n3)CC2)nc1. The maximum absolute atomic E-state index is 5.92. The molecule has 0 unspecified atom stereocenters. The van der Waals surface area contributed by atoms with Gasteiger partial charge in [-0.15, -0.1) is 15.3 Å². The van der Waals surface area contributed by atoms with Crippen LogP contribution in [-0.4, -0.2) is 55.9 Å². The molecule has 0 aliphatic carbocycles. The summed E-state index contributed by atoms with van der Waals surface area (Å²) in [6.07, 6.45) is 1.70. The molecule has 0 saturated carbocycles. The van der Waals surface area contributed by atoms with E-state index in [2.05, 4.69) is 25.0 Å². The van der Waals surface area contributed by atoms with E-state index in [9.17, 15) is 0 Å². The van der Waals surface area contributed by atoms with Gasteiger partial charge in [0.1, 0.15) is 5.82 Å². The molecule has 29 heavy (non-hydrogen) atoms. The summed E-state index contributed by atoms with van der Waals surface area (Å²) in [4.78, 5) is 9.11. The number of benzene rings is 1. The average Bonchev–Trinajstić information content (AvgIpc) is 3.20. The first-order valence-corrected chi connectivity index (χ1v) is 10.00. The zero-order valence-corrected chi connectivity index (χ0v) is 16.6. The Morgan fingerprint density at radius 1 is 0.862 bits per heavy atom. The Morgan fingerprint density at radius 2 is 1.69 bits per heavy atom. The molecular formula is C21H20ClN7. The molecule has 5 rings (SSSR count). The van der Waals surface area contributed by atoms with Crippen LogP contribution in [0.4, 0.5) is 5.82 Å². The van der Waals surface area contributed by atoms with Crippen LogP contribution in [0.3, 0.4) is 0 Å². The van der Waals surface area contributed by atoms with Gasteiger partial charge in [-0.05, 0) is 24.3 Å². The normalized spacial score (nSPS) is 15.1. The Kier molecular flexibility index (Phi) is 4.83. The summed E-state index contributed by atoms with van der Waals surface area (Å²) < 4.78 is 1.83. The van der Waals surface area contributed by atoms with Gasteiger partial charge in [0.25, 0.3) is 0 Å². The predicted molar refractivity (Wildman–Crippen MR) is 113 cm³/mol. The maximum atomic E-state index is 5.92. The number of aromatic nitrogens is 5. The van der Waals surface area contributed by atoms with Crippen molar-refractivity contribution in [3.05, 3.63) is 71.5 Å². The largest absolute Gasteiger partial charge is 0.353 e. The topological polar surface area (TPSA) is 62.5 Å². The minimum absolute atomic E-state index is 0.670. The fourth-order valence-corrected chi connectivity index (χ4v) is 3.69. The molecule has 8 heteroatoms. The molecule has 1 aliphatic heterocycles. The molecule has 0 atom stereocenters. The van der Waals surface area contributed by atoms with Crippen LogP contribution in [0.25, 0.3) is 17.0 Å². The van der Waals surface area contributed by atoms with Crippen LogP contribution in [0.5, 0.6) is 0 Å². The average molecular weight is 406 g/mol. The molecule has 0 bridgehead atoms. The summed E-state index contributed by atoms with van der Waals surface area (Å²) in [5.41, 5.74) is 2.80. The van der Waals surface area contributed by atoms with Crippen molar-refractivity contribution in [3.8, 4) is 11.4 Å². The summed E-state index contributed by atoms with van der Waals surface area (Å²) in [7, 11) is 0. The summed E-state index contributed by atoms with van der Waals surface area (Å²) in [5, 5.41) is 14.1. The fraction of sp³-hybridized carbons (Fsp3) is 0.238. The maximum Gasteiger partial charge on any atom is 0.185 e. The Balaban J connectivity index is 1.31.